The Labute approximate surface area is 129 Å². The minimum Gasteiger partial charge on any atom is -0.375 e. The lowest BCUT2D eigenvalue weighted by Crippen LogP contribution is -2.51. The lowest BCUT2D eigenvalue weighted by atomic mass is 9.68. The van der Waals surface area contributed by atoms with Gasteiger partial charge in [-0.2, -0.15) is 0 Å². The Balaban J connectivity index is 1.74. The van der Waals surface area contributed by atoms with Gasteiger partial charge >= 0.3 is 0 Å². The van der Waals surface area contributed by atoms with Gasteiger partial charge in [0.2, 0.25) is 0 Å². The smallest absolute Gasteiger partial charge is 0.0685 e. The first-order valence-corrected chi connectivity index (χ1v) is 8.66. The van der Waals surface area contributed by atoms with E-state index in [1.54, 1.807) is 0 Å². The average molecular weight is 287 g/mol. The second-order valence-electron chi connectivity index (χ2n) is 6.92. The summed E-state index contributed by atoms with van der Waals surface area (Å²) in [5.41, 5.74) is 1.70. The molecule has 3 unspecified atom stereocenters. The van der Waals surface area contributed by atoms with Crippen LogP contribution >= 0.6 is 0 Å². The number of likely N-dealkylation sites (N-methyl/N-ethyl adjacent to an activating group) is 1. The lowest BCUT2D eigenvalue weighted by molar-refractivity contribution is -0.147. The van der Waals surface area contributed by atoms with Gasteiger partial charge in [0, 0.05) is 12.6 Å². The second kappa shape index (κ2) is 6.50. The fourth-order valence-electron chi connectivity index (χ4n) is 4.24. The Morgan fingerprint density at radius 1 is 1.29 bits per heavy atom. The minimum absolute atomic E-state index is 0.243. The Morgan fingerprint density at radius 2 is 2.05 bits per heavy atom. The zero-order valence-electron chi connectivity index (χ0n) is 13.5. The predicted molar refractivity (Wildman–Crippen MR) is 87.6 cm³/mol. The zero-order chi connectivity index (χ0) is 14.7. The molecule has 21 heavy (non-hydrogen) atoms. The maximum absolute atomic E-state index is 6.12. The summed E-state index contributed by atoms with van der Waals surface area (Å²) < 4.78 is 6.12. The van der Waals surface area contributed by atoms with E-state index in [0.29, 0.717) is 12.0 Å². The molecule has 3 rings (SSSR count). The van der Waals surface area contributed by atoms with E-state index in [2.05, 4.69) is 49.5 Å². The van der Waals surface area contributed by atoms with Gasteiger partial charge in [-0.3, -0.25) is 0 Å². The van der Waals surface area contributed by atoms with Crippen molar-refractivity contribution in [3.8, 4) is 0 Å². The normalized spacial score (nSPS) is 27.0. The van der Waals surface area contributed by atoms with E-state index in [9.17, 15) is 0 Å². The van der Waals surface area contributed by atoms with Crippen LogP contribution in [0.2, 0.25) is 0 Å². The van der Waals surface area contributed by atoms with E-state index in [4.69, 9.17) is 4.74 Å². The standard InChI is InChI=1S/C19H29NO/c1-3-20-18(15(2)16-8-5-4-6-9-16)17-10-13-21-19(14-17)11-7-12-19/h4-6,8-9,15,17-18,20H,3,7,10-14H2,1-2H3. The second-order valence-corrected chi connectivity index (χ2v) is 6.92. The molecule has 116 valence electrons. The highest BCUT2D eigenvalue weighted by atomic mass is 16.5. The first-order valence-electron chi connectivity index (χ1n) is 8.66. The molecule has 1 spiro atoms. The van der Waals surface area contributed by atoms with Crippen LogP contribution in [0.3, 0.4) is 0 Å². The van der Waals surface area contributed by atoms with E-state index < -0.39 is 0 Å². The molecule has 2 nitrogen and oxygen atoms in total. The van der Waals surface area contributed by atoms with E-state index in [1.165, 1.54) is 37.7 Å². The molecular weight excluding hydrogens is 258 g/mol. The predicted octanol–water partition coefficient (Wildman–Crippen LogP) is 4.12. The summed E-state index contributed by atoms with van der Waals surface area (Å²) in [7, 11) is 0. The van der Waals surface area contributed by atoms with E-state index >= 15 is 0 Å². The van der Waals surface area contributed by atoms with Crippen LogP contribution in [-0.2, 0) is 4.74 Å². The number of nitrogens with one attached hydrogen (secondary N) is 1. The van der Waals surface area contributed by atoms with Crippen molar-refractivity contribution in [1.82, 2.24) is 5.32 Å². The molecule has 3 atom stereocenters. The van der Waals surface area contributed by atoms with Crippen LogP contribution < -0.4 is 5.32 Å². The summed E-state index contributed by atoms with van der Waals surface area (Å²) in [6.45, 7) is 6.61. The third-order valence-corrected chi connectivity index (χ3v) is 5.61. The molecule has 1 aliphatic heterocycles. The van der Waals surface area contributed by atoms with Crippen molar-refractivity contribution in [2.24, 2.45) is 5.92 Å². The summed E-state index contributed by atoms with van der Waals surface area (Å²) >= 11 is 0. The highest BCUT2D eigenvalue weighted by molar-refractivity contribution is 5.21. The molecule has 1 saturated carbocycles. The highest BCUT2D eigenvalue weighted by Gasteiger charge is 2.44. The molecule has 1 N–H and O–H groups in total. The first-order chi connectivity index (χ1) is 10.2. The highest BCUT2D eigenvalue weighted by Crippen LogP contribution is 2.46. The molecule has 1 saturated heterocycles. The van der Waals surface area contributed by atoms with Gasteiger partial charge in [0.25, 0.3) is 0 Å². The molecule has 0 aromatic heterocycles. The van der Waals surface area contributed by atoms with Crippen molar-refractivity contribution in [1.29, 1.82) is 0 Å². The molecular formula is C19H29NO. The van der Waals surface area contributed by atoms with Crippen LogP contribution in [0.5, 0.6) is 0 Å². The fraction of sp³-hybridized carbons (Fsp3) is 0.684. The van der Waals surface area contributed by atoms with Gasteiger partial charge in [0.1, 0.15) is 0 Å². The Bertz CT molecular complexity index is 440. The molecule has 1 heterocycles. The summed E-state index contributed by atoms with van der Waals surface area (Å²) in [5, 5.41) is 3.78. The third kappa shape index (κ3) is 3.17. The number of rotatable bonds is 5. The summed E-state index contributed by atoms with van der Waals surface area (Å²) in [5.74, 6) is 1.31. The van der Waals surface area contributed by atoms with Crippen molar-refractivity contribution in [2.45, 2.75) is 63.5 Å². The molecule has 2 fully saturated rings. The molecule has 0 amide bonds. The molecule has 2 aliphatic rings. The van der Waals surface area contributed by atoms with Crippen LogP contribution in [0.1, 0.15) is 57.4 Å². The molecule has 0 radical (unpaired) electrons. The van der Waals surface area contributed by atoms with Crippen molar-refractivity contribution in [3.05, 3.63) is 35.9 Å². The fourth-order valence-corrected chi connectivity index (χ4v) is 4.24. The van der Waals surface area contributed by atoms with Gasteiger partial charge in [0.05, 0.1) is 5.60 Å². The number of hydrogen-bond acceptors (Lipinski definition) is 2. The lowest BCUT2D eigenvalue weighted by Gasteiger charge is -2.49. The summed E-state index contributed by atoms with van der Waals surface area (Å²) in [4.78, 5) is 0. The average Bonchev–Trinajstić information content (AvgIpc) is 2.51. The van der Waals surface area contributed by atoms with E-state index in [1.807, 2.05) is 0 Å². The molecule has 2 heteroatoms. The van der Waals surface area contributed by atoms with Crippen LogP contribution in [0.25, 0.3) is 0 Å². The Kier molecular flexibility index (Phi) is 4.66. The summed E-state index contributed by atoms with van der Waals surface area (Å²) in [6, 6.07) is 11.5. The zero-order valence-corrected chi connectivity index (χ0v) is 13.5. The first kappa shape index (κ1) is 15.1. The van der Waals surface area contributed by atoms with Gasteiger partial charge in [-0.25, -0.2) is 0 Å². The Hall–Kier alpha value is -0.860. The van der Waals surface area contributed by atoms with Gasteiger partial charge < -0.3 is 10.1 Å². The van der Waals surface area contributed by atoms with E-state index in [-0.39, 0.29) is 5.60 Å². The van der Waals surface area contributed by atoms with Gasteiger partial charge in [0.15, 0.2) is 0 Å². The number of ether oxygens (including phenoxy) is 1. The molecule has 1 aliphatic carbocycles. The quantitative estimate of drug-likeness (QED) is 0.879. The van der Waals surface area contributed by atoms with Crippen LogP contribution in [0, 0.1) is 5.92 Å². The largest absolute Gasteiger partial charge is 0.375 e. The van der Waals surface area contributed by atoms with Crippen LogP contribution in [-0.4, -0.2) is 24.8 Å². The SMILES string of the molecule is CCNC(C1CCOC2(CCC2)C1)C(C)c1ccccc1. The van der Waals surface area contributed by atoms with Crippen LogP contribution in [0.15, 0.2) is 30.3 Å². The van der Waals surface area contributed by atoms with Crippen LogP contribution in [0.4, 0.5) is 0 Å². The maximum Gasteiger partial charge on any atom is 0.0685 e. The Morgan fingerprint density at radius 3 is 2.67 bits per heavy atom. The molecule has 0 bridgehead atoms. The van der Waals surface area contributed by atoms with Crippen molar-refractivity contribution < 1.29 is 4.74 Å². The topological polar surface area (TPSA) is 21.3 Å². The van der Waals surface area contributed by atoms with Gasteiger partial charge in [-0.15, -0.1) is 0 Å². The number of hydrogen-bond donors (Lipinski definition) is 1. The number of benzene rings is 1. The maximum atomic E-state index is 6.12. The van der Waals surface area contributed by atoms with Crippen molar-refractivity contribution >= 4 is 0 Å². The van der Waals surface area contributed by atoms with Gasteiger partial charge in [-0.05, 0) is 56.0 Å². The van der Waals surface area contributed by atoms with Gasteiger partial charge in [-0.1, -0.05) is 44.2 Å². The molecule has 1 aromatic rings. The molecule has 1 aromatic carbocycles. The third-order valence-electron chi connectivity index (χ3n) is 5.61. The van der Waals surface area contributed by atoms with E-state index in [0.717, 1.165) is 19.1 Å². The minimum atomic E-state index is 0.243. The van der Waals surface area contributed by atoms with Crippen molar-refractivity contribution in [3.63, 3.8) is 0 Å². The van der Waals surface area contributed by atoms with Crippen molar-refractivity contribution in [2.75, 3.05) is 13.2 Å². The summed E-state index contributed by atoms with van der Waals surface area (Å²) in [6.07, 6.45) is 6.37. The monoisotopic (exact) mass is 287 g/mol.